The molecule has 2 amide bonds. The average Bonchev–Trinajstić information content (AvgIpc) is 3.50. The maximum Gasteiger partial charge on any atom is 0.367 e. The van der Waals surface area contributed by atoms with E-state index in [-0.39, 0.29) is 56.3 Å². The number of carbonyl (C=O) groups is 3. The molecule has 0 spiro atoms. The van der Waals surface area contributed by atoms with Crippen LogP contribution in [0.25, 0.3) is 10.9 Å². The highest BCUT2D eigenvalue weighted by Crippen LogP contribution is 2.48. The summed E-state index contributed by atoms with van der Waals surface area (Å²) in [5.41, 5.74) is 1.23. The second-order valence-electron chi connectivity index (χ2n) is 9.64. The summed E-state index contributed by atoms with van der Waals surface area (Å²) in [5, 5.41) is 7.50. The lowest BCUT2D eigenvalue weighted by molar-refractivity contribution is -0.137. The van der Waals surface area contributed by atoms with Gasteiger partial charge in [0.1, 0.15) is 40.6 Å². The van der Waals surface area contributed by atoms with Gasteiger partial charge in [0.25, 0.3) is 0 Å². The SMILES string of the molecule is CCOP(=O)(COc1ccc2c(C(C)=O)nn(CC(=O)N3C[C@H](F)C[C@H]3C(=O)Nc3nc(Br)ccc3C)c2c1)OCC. The molecule has 2 aromatic heterocycles. The van der Waals surface area contributed by atoms with Crippen molar-refractivity contribution < 1.29 is 37.1 Å². The number of nitrogens with one attached hydrogen (secondary N) is 1. The van der Waals surface area contributed by atoms with Crippen molar-refractivity contribution in [3.63, 3.8) is 0 Å². The highest BCUT2D eigenvalue weighted by molar-refractivity contribution is 9.10. The number of halogens is 2. The molecule has 12 nitrogen and oxygen atoms in total. The molecule has 3 heterocycles. The molecule has 1 aromatic carbocycles. The van der Waals surface area contributed by atoms with Crippen molar-refractivity contribution in [2.45, 2.75) is 52.9 Å². The van der Waals surface area contributed by atoms with Gasteiger partial charge >= 0.3 is 7.60 Å². The second-order valence-corrected chi connectivity index (χ2v) is 12.5. The molecule has 0 unspecified atom stereocenters. The number of carbonyl (C=O) groups excluding carboxylic acids is 3. The predicted octanol–water partition coefficient (Wildman–Crippen LogP) is 4.88. The first-order chi connectivity index (χ1) is 19.9. The number of nitrogens with zero attached hydrogens (tertiary/aromatic N) is 4. The van der Waals surface area contributed by atoms with Gasteiger partial charge in [0.2, 0.25) is 11.8 Å². The van der Waals surface area contributed by atoms with Gasteiger partial charge in [0.15, 0.2) is 12.1 Å². The van der Waals surface area contributed by atoms with Crippen LogP contribution in [0.4, 0.5) is 10.2 Å². The lowest BCUT2D eigenvalue weighted by atomic mass is 10.1. The number of ether oxygens (including phenoxy) is 1. The van der Waals surface area contributed by atoms with E-state index >= 15 is 0 Å². The Bertz CT molecular complexity index is 1540. The molecule has 0 aliphatic carbocycles. The Morgan fingerprint density at radius 1 is 1.17 bits per heavy atom. The summed E-state index contributed by atoms with van der Waals surface area (Å²) >= 11 is 3.27. The van der Waals surface area contributed by atoms with Crippen molar-refractivity contribution in [2.75, 3.05) is 31.4 Å². The Morgan fingerprint density at radius 2 is 1.88 bits per heavy atom. The molecule has 15 heteroatoms. The smallest absolute Gasteiger partial charge is 0.367 e. The van der Waals surface area contributed by atoms with E-state index in [0.717, 1.165) is 0 Å². The van der Waals surface area contributed by atoms with E-state index in [1.54, 1.807) is 51.1 Å². The fourth-order valence-corrected chi connectivity index (χ4v) is 6.27. The largest absolute Gasteiger partial charge is 0.481 e. The third-order valence-electron chi connectivity index (χ3n) is 6.56. The lowest BCUT2D eigenvalue weighted by Gasteiger charge is -2.24. The Labute approximate surface area is 250 Å². The fraction of sp³-hybridized carbons (Fsp3) is 0.444. The molecule has 1 N–H and O–H groups in total. The van der Waals surface area contributed by atoms with E-state index in [4.69, 9.17) is 13.8 Å². The van der Waals surface area contributed by atoms with Crippen LogP contribution >= 0.6 is 23.5 Å². The van der Waals surface area contributed by atoms with Gasteiger partial charge in [-0.25, -0.2) is 9.37 Å². The number of aromatic nitrogens is 3. The third-order valence-corrected chi connectivity index (χ3v) is 8.75. The van der Waals surface area contributed by atoms with Crippen molar-refractivity contribution in [1.29, 1.82) is 0 Å². The third kappa shape index (κ3) is 7.23. The molecule has 3 aromatic rings. The van der Waals surface area contributed by atoms with E-state index in [9.17, 15) is 23.3 Å². The summed E-state index contributed by atoms with van der Waals surface area (Å²) in [6, 6.07) is 7.17. The number of benzene rings is 1. The topological polar surface area (TPSA) is 142 Å². The minimum absolute atomic E-state index is 0.133. The first kappa shape index (κ1) is 31.7. The van der Waals surface area contributed by atoms with E-state index in [2.05, 4.69) is 31.3 Å². The molecule has 1 fully saturated rings. The number of fused-ring (bicyclic) bond motifs is 1. The Morgan fingerprint density at radius 3 is 2.55 bits per heavy atom. The number of Topliss-reactive ketones (excluding diaryl/α,β-unsaturated/α-hetero) is 1. The monoisotopic (exact) mass is 667 g/mol. The van der Waals surface area contributed by atoms with Crippen LogP contribution in [0.3, 0.4) is 0 Å². The van der Waals surface area contributed by atoms with Gasteiger partial charge in [-0.3, -0.25) is 23.6 Å². The number of anilines is 1. The fourth-order valence-electron chi connectivity index (χ4n) is 4.64. The van der Waals surface area contributed by atoms with Crippen LogP contribution < -0.4 is 10.1 Å². The summed E-state index contributed by atoms with van der Waals surface area (Å²) in [4.78, 5) is 44.4. The number of amides is 2. The van der Waals surface area contributed by atoms with Gasteiger partial charge in [-0.2, -0.15) is 5.10 Å². The summed E-state index contributed by atoms with van der Waals surface area (Å²) in [7, 11) is -3.50. The van der Waals surface area contributed by atoms with Gasteiger partial charge in [-0.05, 0) is 60.5 Å². The average molecular weight is 668 g/mol. The maximum atomic E-state index is 14.5. The number of pyridine rings is 1. The van der Waals surface area contributed by atoms with Crippen molar-refractivity contribution in [3.8, 4) is 5.75 Å². The van der Waals surface area contributed by atoms with Crippen molar-refractivity contribution in [1.82, 2.24) is 19.7 Å². The number of rotatable bonds is 12. The van der Waals surface area contributed by atoms with Crippen LogP contribution in [-0.2, 0) is 29.7 Å². The second kappa shape index (κ2) is 13.4. The molecular weight excluding hydrogens is 636 g/mol. The molecule has 1 saturated heterocycles. The van der Waals surface area contributed by atoms with Crippen molar-refractivity contribution >= 4 is 57.8 Å². The van der Waals surface area contributed by atoms with Gasteiger partial charge < -0.3 is 24.0 Å². The Balaban J connectivity index is 1.57. The van der Waals surface area contributed by atoms with Crippen LogP contribution in [0.5, 0.6) is 5.75 Å². The number of hydrogen-bond acceptors (Lipinski definition) is 9. The quantitative estimate of drug-likeness (QED) is 0.162. The highest BCUT2D eigenvalue weighted by atomic mass is 79.9. The van der Waals surface area contributed by atoms with Gasteiger partial charge in [0.05, 0.1) is 25.3 Å². The van der Waals surface area contributed by atoms with Crippen molar-refractivity contribution in [2.24, 2.45) is 0 Å². The predicted molar refractivity (Wildman–Crippen MR) is 156 cm³/mol. The van der Waals surface area contributed by atoms with Crippen LogP contribution in [0.1, 0.15) is 43.2 Å². The first-order valence-electron chi connectivity index (χ1n) is 13.3. The summed E-state index contributed by atoms with van der Waals surface area (Å²) in [6.45, 7) is 6.21. The van der Waals surface area contributed by atoms with Crippen LogP contribution in [0, 0.1) is 6.92 Å². The Kier molecular flexibility index (Phi) is 10.1. The molecule has 2 atom stereocenters. The molecule has 1 aliphatic heterocycles. The van der Waals surface area contributed by atoms with Gasteiger partial charge in [-0.15, -0.1) is 0 Å². The molecule has 4 rings (SSSR count). The van der Waals surface area contributed by atoms with E-state index in [1.165, 1.54) is 16.5 Å². The maximum absolute atomic E-state index is 14.5. The summed E-state index contributed by atoms with van der Waals surface area (Å²) in [5.74, 6) is -0.854. The molecule has 226 valence electrons. The Hall–Kier alpha value is -3.19. The van der Waals surface area contributed by atoms with Crippen LogP contribution in [-0.4, -0.2) is 75.6 Å². The van der Waals surface area contributed by atoms with Crippen LogP contribution in [0.2, 0.25) is 0 Å². The summed E-state index contributed by atoms with van der Waals surface area (Å²) in [6.07, 6.45) is -1.91. The number of hydrogen-bond donors (Lipinski definition) is 1. The molecule has 0 radical (unpaired) electrons. The van der Waals surface area contributed by atoms with E-state index in [1.807, 2.05) is 0 Å². The van der Waals surface area contributed by atoms with Crippen molar-refractivity contribution in [3.05, 3.63) is 46.2 Å². The minimum atomic E-state index is -3.50. The lowest BCUT2D eigenvalue weighted by Crippen LogP contribution is -2.44. The molecule has 42 heavy (non-hydrogen) atoms. The van der Waals surface area contributed by atoms with E-state index < -0.39 is 31.6 Å². The standard InChI is InChI=1S/C27H32BrFN5O7P/c1-5-40-42(38,41-6-2)15-39-19-8-9-20-21(12-19)34(32-25(20)17(4)35)14-24(36)33-13-18(29)11-22(33)27(37)31-26-16(3)7-10-23(28)30-26/h7-10,12,18,22H,5-6,11,13-15H2,1-4H3,(H,30,31,37)/t18-,22+/m1/s1. The normalized spacial score (nSPS) is 17.0. The van der Waals surface area contributed by atoms with E-state index in [0.29, 0.717) is 26.9 Å². The number of aryl methyl sites for hydroxylation is 1. The van der Waals surface area contributed by atoms with Gasteiger partial charge in [-0.1, -0.05) is 6.07 Å². The summed E-state index contributed by atoms with van der Waals surface area (Å²) < 4.78 is 45.4. The highest BCUT2D eigenvalue weighted by Gasteiger charge is 2.40. The zero-order chi connectivity index (χ0) is 30.6. The van der Waals surface area contributed by atoms with Gasteiger partial charge in [0, 0.05) is 24.8 Å². The molecule has 0 saturated carbocycles. The first-order valence-corrected chi connectivity index (χ1v) is 15.9. The number of alkyl halides is 1. The molecular formula is C27H32BrFN5O7P. The number of likely N-dealkylation sites (tertiary alicyclic amines) is 1. The minimum Gasteiger partial charge on any atom is -0.481 e. The van der Waals surface area contributed by atoms with Crippen LogP contribution in [0.15, 0.2) is 34.9 Å². The zero-order valence-corrected chi connectivity index (χ0v) is 26.1. The number of ketones is 1. The molecule has 0 bridgehead atoms. The zero-order valence-electron chi connectivity index (χ0n) is 23.6. The molecule has 1 aliphatic rings.